The number of carboxylic acid groups (broad SMARTS) is 1. The molecule has 1 saturated heterocycles. The van der Waals surface area contributed by atoms with Crippen molar-refractivity contribution in [3.63, 3.8) is 0 Å². The predicted molar refractivity (Wildman–Crippen MR) is 127 cm³/mol. The van der Waals surface area contributed by atoms with Gasteiger partial charge in [-0.05, 0) is 68.1 Å². The van der Waals surface area contributed by atoms with E-state index in [9.17, 15) is 14.4 Å². The highest BCUT2D eigenvalue weighted by Gasteiger charge is 2.39. The molecule has 4 rings (SSSR count). The van der Waals surface area contributed by atoms with Crippen LogP contribution in [-0.2, 0) is 9.53 Å². The number of benzene rings is 2. The van der Waals surface area contributed by atoms with Crippen molar-refractivity contribution in [1.82, 2.24) is 4.90 Å². The molecule has 34 heavy (non-hydrogen) atoms. The van der Waals surface area contributed by atoms with Crippen molar-refractivity contribution >= 4 is 29.3 Å². The Kier molecular flexibility index (Phi) is 6.74. The Bertz CT molecular complexity index is 1100. The first-order valence-electron chi connectivity index (χ1n) is 11.3. The standard InChI is InChI=1S/C25H29N3O6/c1-14-8-15(2)10-17(9-14)27-25(32)26-16-4-7-21-19(11-16)24(31)28(3)20-6-5-18(12-23(29)30)34-22(20)13-33-21/h4,7-11,18,20,22H,5-6,12-13H2,1-3H3,(H,29,30)(H2,26,27,32)/t18-,20+,22+/m1/s1. The van der Waals surface area contributed by atoms with Crippen LogP contribution in [0.15, 0.2) is 36.4 Å². The van der Waals surface area contributed by atoms with Crippen LogP contribution in [0.4, 0.5) is 16.2 Å². The van der Waals surface area contributed by atoms with Gasteiger partial charge in [0.15, 0.2) is 0 Å². The van der Waals surface area contributed by atoms with Crippen molar-refractivity contribution in [2.24, 2.45) is 0 Å². The van der Waals surface area contributed by atoms with Crippen LogP contribution < -0.4 is 15.4 Å². The van der Waals surface area contributed by atoms with Crippen LogP contribution in [0.2, 0.25) is 0 Å². The minimum atomic E-state index is -0.911. The lowest BCUT2D eigenvalue weighted by Gasteiger charge is -2.42. The van der Waals surface area contributed by atoms with E-state index in [2.05, 4.69) is 10.6 Å². The zero-order chi connectivity index (χ0) is 24.4. The molecule has 0 bridgehead atoms. The van der Waals surface area contributed by atoms with Crippen LogP contribution in [0.1, 0.15) is 40.7 Å². The van der Waals surface area contributed by atoms with Gasteiger partial charge in [-0.2, -0.15) is 0 Å². The molecular formula is C25H29N3O6. The first-order chi connectivity index (χ1) is 16.2. The van der Waals surface area contributed by atoms with E-state index < -0.39 is 24.2 Å². The Morgan fingerprint density at radius 1 is 1.06 bits per heavy atom. The molecule has 3 atom stereocenters. The highest BCUT2D eigenvalue weighted by atomic mass is 16.5. The normalized spacial score (nSPS) is 21.9. The summed E-state index contributed by atoms with van der Waals surface area (Å²) in [5.74, 6) is -0.769. The molecule has 1 fully saturated rings. The topological polar surface area (TPSA) is 117 Å². The maximum atomic E-state index is 13.3. The van der Waals surface area contributed by atoms with E-state index in [1.807, 2.05) is 32.0 Å². The highest BCUT2D eigenvalue weighted by Crippen LogP contribution is 2.32. The molecule has 2 aromatic rings. The van der Waals surface area contributed by atoms with Crippen LogP contribution in [0.5, 0.6) is 5.75 Å². The van der Waals surface area contributed by atoms with E-state index >= 15 is 0 Å². The summed E-state index contributed by atoms with van der Waals surface area (Å²) in [6, 6.07) is 10.1. The Morgan fingerprint density at radius 3 is 2.47 bits per heavy atom. The average molecular weight is 468 g/mol. The number of aryl methyl sites for hydroxylation is 2. The van der Waals surface area contributed by atoms with Gasteiger partial charge in [0, 0.05) is 18.4 Å². The van der Waals surface area contributed by atoms with Crippen molar-refractivity contribution in [2.45, 2.75) is 51.4 Å². The fourth-order valence-corrected chi connectivity index (χ4v) is 4.64. The maximum Gasteiger partial charge on any atom is 0.323 e. The molecule has 3 amide bonds. The number of likely N-dealkylation sites (N-methyl/N-ethyl adjacent to an activating group) is 1. The molecule has 0 aliphatic carbocycles. The second kappa shape index (κ2) is 9.72. The maximum absolute atomic E-state index is 13.3. The lowest BCUT2D eigenvalue weighted by Crippen LogP contribution is -2.53. The highest BCUT2D eigenvalue weighted by molar-refractivity contribution is 6.02. The number of anilines is 2. The van der Waals surface area contributed by atoms with E-state index in [1.165, 1.54) is 0 Å². The van der Waals surface area contributed by atoms with Crippen molar-refractivity contribution in [2.75, 3.05) is 24.3 Å². The average Bonchev–Trinajstić information content (AvgIpc) is 2.75. The molecule has 3 N–H and O–H groups in total. The molecule has 180 valence electrons. The monoisotopic (exact) mass is 467 g/mol. The second-order valence-corrected chi connectivity index (χ2v) is 8.93. The molecule has 0 unspecified atom stereocenters. The number of aliphatic carboxylic acids is 1. The quantitative estimate of drug-likeness (QED) is 0.630. The lowest BCUT2D eigenvalue weighted by molar-refractivity contribution is -0.148. The first kappa shape index (κ1) is 23.6. The minimum Gasteiger partial charge on any atom is -0.490 e. The van der Waals surface area contributed by atoms with Crippen LogP contribution >= 0.6 is 0 Å². The number of ether oxygens (including phenoxy) is 2. The summed E-state index contributed by atoms with van der Waals surface area (Å²) >= 11 is 0. The summed E-state index contributed by atoms with van der Waals surface area (Å²) < 4.78 is 11.9. The Balaban J connectivity index is 1.48. The largest absolute Gasteiger partial charge is 0.490 e. The Labute approximate surface area is 198 Å². The van der Waals surface area contributed by atoms with E-state index in [0.29, 0.717) is 35.5 Å². The molecule has 2 aromatic carbocycles. The van der Waals surface area contributed by atoms with E-state index in [0.717, 1.165) is 11.1 Å². The van der Waals surface area contributed by atoms with Gasteiger partial charge in [0.25, 0.3) is 5.91 Å². The molecule has 2 aliphatic heterocycles. The Hall–Kier alpha value is -3.59. The van der Waals surface area contributed by atoms with Gasteiger partial charge in [-0.15, -0.1) is 0 Å². The summed E-state index contributed by atoms with van der Waals surface area (Å²) in [6.07, 6.45) is 0.294. The molecule has 9 heteroatoms. The number of carboxylic acids is 1. The number of carbonyl (C=O) groups is 3. The molecule has 0 spiro atoms. The molecule has 9 nitrogen and oxygen atoms in total. The number of amides is 3. The Morgan fingerprint density at radius 2 is 1.76 bits per heavy atom. The zero-order valence-electron chi connectivity index (χ0n) is 19.5. The molecule has 0 radical (unpaired) electrons. The summed E-state index contributed by atoms with van der Waals surface area (Å²) in [4.78, 5) is 38.5. The first-order valence-corrected chi connectivity index (χ1v) is 11.3. The number of hydrogen-bond donors (Lipinski definition) is 3. The second-order valence-electron chi connectivity index (χ2n) is 8.93. The lowest BCUT2D eigenvalue weighted by atomic mass is 9.94. The molecule has 2 heterocycles. The summed E-state index contributed by atoms with van der Waals surface area (Å²) in [5.41, 5.74) is 3.58. The van der Waals surface area contributed by atoms with Gasteiger partial charge in [-0.25, -0.2) is 4.79 Å². The van der Waals surface area contributed by atoms with Crippen LogP contribution in [0.3, 0.4) is 0 Å². The predicted octanol–water partition coefficient (Wildman–Crippen LogP) is 3.80. The molecule has 0 saturated carbocycles. The molecular weight excluding hydrogens is 438 g/mol. The number of hydrogen-bond acceptors (Lipinski definition) is 5. The number of rotatable bonds is 4. The van der Waals surface area contributed by atoms with Gasteiger partial charge >= 0.3 is 12.0 Å². The van der Waals surface area contributed by atoms with Crippen molar-refractivity contribution < 1.29 is 29.0 Å². The van der Waals surface area contributed by atoms with Crippen molar-refractivity contribution in [1.29, 1.82) is 0 Å². The minimum absolute atomic E-state index is 0.0727. The summed E-state index contributed by atoms with van der Waals surface area (Å²) in [5, 5.41) is 14.7. The van der Waals surface area contributed by atoms with Crippen molar-refractivity contribution in [3.8, 4) is 5.75 Å². The zero-order valence-corrected chi connectivity index (χ0v) is 19.5. The summed E-state index contributed by atoms with van der Waals surface area (Å²) in [6.45, 7) is 4.12. The van der Waals surface area contributed by atoms with E-state index in [1.54, 1.807) is 30.1 Å². The van der Waals surface area contributed by atoms with E-state index in [-0.39, 0.29) is 25.0 Å². The third kappa shape index (κ3) is 5.31. The van der Waals surface area contributed by atoms with Gasteiger partial charge in [0.1, 0.15) is 18.5 Å². The van der Waals surface area contributed by atoms with Gasteiger partial charge in [-0.3, -0.25) is 9.59 Å². The molecule has 2 aliphatic rings. The van der Waals surface area contributed by atoms with Gasteiger partial charge < -0.3 is 30.1 Å². The molecule has 0 aromatic heterocycles. The number of urea groups is 1. The summed E-state index contributed by atoms with van der Waals surface area (Å²) in [7, 11) is 1.71. The fourth-order valence-electron chi connectivity index (χ4n) is 4.64. The van der Waals surface area contributed by atoms with Crippen LogP contribution in [0, 0.1) is 13.8 Å². The smallest absolute Gasteiger partial charge is 0.323 e. The van der Waals surface area contributed by atoms with Gasteiger partial charge in [-0.1, -0.05) is 6.07 Å². The van der Waals surface area contributed by atoms with E-state index in [4.69, 9.17) is 14.6 Å². The van der Waals surface area contributed by atoms with Gasteiger partial charge in [0.05, 0.1) is 24.1 Å². The number of nitrogens with one attached hydrogen (secondary N) is 2. The van der Waals surface area contributed by atoms with Crippen LogP contribution in [-0.4, -0.2) is 59.8 Å². The van der Waals surface area contributed by atoms with Crippen molar-refractivity contribution in [3.05, 3.63) is 53.1 Å². The number of fused-ring (bicyclic) bond motifs is 2. The number of nitrogens with zero attached hydrogens (tertiary/aromatic N) is 1. The van der Waals surface area contributed by atoms with Gasteiger partial charge in [0.2, 0.25) is 0 Å². The van der Waals surface area contributed by atoms with Crippen LogP contribution in [0.25, 0.3) is 0 Å². The third-order valence-electron chi connectivity index (χ3n) is 6.15. The number of carbonyl (C=O) groups excluding carboxylic acids is 2. The third-order valence-corrected chi connectivity index (χ3v) is 6.15. The SMILES string of the molecule is Cc1cc(C)cc(NC(=O)Nc2ccc3c(c2)C(=O)N(C)[C@H]2CC[C@H](CC(=O)O)O[C@H]2CO3)c1. The fraction of sp³-hybridized carbons (Fsp3) is 0.400.